The summed E-state index contributed by atoms with van der Waals surface area (Å²) in [5.74, 6) is 0. The van der Waals surface area contributed by atoms with E-state index in [0.717, 1.165) is 40.6 Å². The minimum atomic E-state index is -5.69. The van der Waals surface area contributed by atoms with Gasteiger partial charge < -0.3 is 8.80 Å². The van der Waals surface area contributed by atoms with Crippen LogP contribution in [-0.2, 0) is 5.41 Å². The zero-order chi connectivity index (χ0) is 26.9. The molecule has 0 fully saturated rings. The van der Waals surface area contributed by atoms with E-state index in [1.54, 1.807) is 45.6 Å². The maximum Gasteiger partial charge on any atom is 0.411 e. The monoisotopic (exact) mass is 531 g/mol. The van der Waals surface area contributed by atoms with Gasteiger partial charge in [0.2, 0.25) is 5.41 Å². The number of rotatable bonds is 2. The smallest absolute Gasteiger partial charge is 0.315 e. The first kappa shape index (κ1) is 22.5. The molecule has 0 aliphatic carbocycles. The van der Waals surface area contributed by atoms with Crippen LogP contribution < -0.4 is 0 Å². The van der Waals surface area contributed by atoms with Crippen molar-refractivity contribution in [3.63, 3.8) is 0 Å². The number of hydrogen-bond donors (Lipinski definition) is 0. The molecule has 0 N–H and O–H groups in total. The summed E-state index contributed by atoms with van der Waals surface area (Å²) in [5, 5.41) is 3.30. The van der Waals surface area contributed by atoms with E-state index in [1.165, 1.54) is 18.3 Å². The summed E-state index contributed by atoms with van der Waals surface area (Å²) in [7, 11) is 0. The summed E-state index contributed by atoms with van der Waals surface area (Å²) in [6.07, 6.45) is -4.79. The minimum Gasteiger partial charge on any atom is -0.315 e. The summed E-state index contributed by atoms with van der Waals surface area (Å²) >= 11 is 0. The van der Waals surface area contributed by atoms with Gasteiger partial charge in [0.1, 0.15) is 0 Å². The van der Waals surface area contributed by atoms with Crippen molar-refractivity contribution in [2.45, 2.75) is 17.8 Å². The molecule has 0 amide bonds. The lowest BCUT2D eigenvalue weighted by molar-refractivity contribution is -0.288. The Hall–Kier alpha value is -4.53. The Morgan fingerprint density at radius 1 is 0.538 bits per heavy atom. The van der Waals surface area contributed by atoms with Crippen LogP contribution in [0.4, 0.5) is 26.3 Å². The minimum absolute atomic E-state index is 0.279. The molecule has 0 atom stereocenters. The van der Waals surface area contributed by atoms with Gasteiger partial charge in [-0.25, -0.2) is 0 Å². The molecule has 5 aromatic heterocycles. The molecular formula is C30H15F6N3. The van der Waals surface area contributed by atoms with Crippen LogP contribution in [0.15, 0.2) is 91.5 Å². The van der Waals surface area contributed by atoms with Crippen LogP contribution in [0.2, 0.25) is 0 Å². The van der Waals surface area contributed by atoms with E-state index in [1.807, 2.05) is 12.1 Å². The highest BCUT2D eigenvalue weighted by molar-refractivity contribution is 6.15. The van der Waals surface area contributed by atoms with Crippen LogP contribution in [0.25, 0.3) is 54.4 Å². The molecule has 0 saturated heterocycles. The summed E-state index contributed by atoms with van der Waals surface area (Å²) in [5.41, 5.74) is -3.51. The summed E-state index contributed by atoms with van der Waals surface area (Å²) in [4.78, 5) is 4.15. The first-order valence-corrected chi connectivity index (χ1v) is 12.1. The van der Waals surface area contributed by atoms with Crippen molar-refractivity contribution in [3.8, 4) is 0 Å². The third-order valence-electron chi connectivity index (χ3n) is 8.11. The van der Waals surface area contributed by atoms with Gasteiger partial charge in [0.25, 0.3) is 0 Å². The normalized spacial score (nSPS) is 13.9. The van der Waals surface area contributed by atoms with Gasteiger partial charge in [-0.05, 0) is 47.5 Å². The zero-order valence-electron chi connectivity index (χ0n) is 19.8. The number of fused-ring (bicyclic) bond motifs is 6. The van der Waals surface area contributed by atoms with Gasteiger partial charge in [-0.1, -0.05) is 30.3 Å². The Morgan fingerprint density at radius 2 is 1.10 bits per heavy atom. The lowest BCUT2D eigenvalue weighted by Crippen LogP contribution is -2.54. The second kappa shape index (κ2) is 6.91. The van der Waals surface area contributed by atoms with Crippen LogP contribution >= 0.6 is 0 Å². The molecule has 0 unspecified atom stereocenters. The molecular weight excluding hydrogens is 516 g/mol. The van der Waals surface area contributed by atoms with Gasteiger partial charge in [-0.3, -0.25) is 4.98 Å². The number of nitrogens with zero attached hydrogens (tertiary/aromatic N) is 3. The molecule has 192 valence electrons. The second-order valence-electron chi connectivity index (χ2n) is 9.95. The standard InChI is InChI=1S/C30H15F6N3/c31-29(32,33)28(30(34,35)36,18-4-6-24-21(12-18)20-3-1-2-16-8-10-38(24)26(16)20)19-5-7-25-22(13-19)23-15-37-14-17-9-11-39(25)27(17)23/h1-15H. The lowest BCUT2D eigenvalue weighted by atomic mass is 9.72. The fourth-order valence-electron chi connectivity index (χ4n) is 6.47. The Kier molecular flexibility index (Phi) is 3.98. The van der Waals surface area contributed by atoms with E-state index in [4.69, 9.17) is 0 Å². The molecule has 0 saturated carbocycles. The van der Waals surface area contributed by atoms with E-state index in [9.17, 15) is 0 Å². The predicted octanol–water partition coefficient (Wildman–Crippen LogP) is 8.49. The third kappa shape index (κ3) is 2.57. The van der Waals surface area contributed by atoms with E-state index < -0.39 is 28.9 Å². The molecule has 8 aromatic rings. The van der Waals surface area contributed by atoms with Crippen LogP contribution in [0.3, 0.4) is 0 Å². The van der Waals surface area contributed by atoms with Crippen LogP contribution in [0.1, 0.15) is 11.1 Å². The van der Waals surface area contributed by atoms with Crippen LogP contribution in [0.5, 0.6) is 0 Å². The molecule has 5 heterocycles. The van der Waals surface area contributed by atoms with E-state index in [-0.39, 0.29) is 5.39 Å². The largest absolute Gasteiger partial charge is 0.411 e. The van der Waals surface area contributed by atoms with E-state index >= 15 is 26.3 Å². The number of halogens is 6. The Bertz CT molecular complexity index is 2060. The lowest BCUT2D eigenvalue weighted by Gasteiger charge is -2.38. The van der Waals surface area contributed by atoms with Crippen LogP contribution in [0, 0.1) is 0 Å². The topological polar surface area (TPSA) is 21.7 Å². The number of pyridine rings is 1. The van der Waals surface area contributed by atoms with E-state index in [0.29, 0.717) is 32.7 Å². The maximum atomic E-state index is 15.1. The van der Waals surface area contributed by atoms with E-state index in [2.05, 4.69) is 4.98 Å². The molecule has 3 nitrogen and oxygen atoms in total. The highest BCUT2D eigenvalue weighted by Crippen LogP contribution is 2.57. The summed E-state index contributed by atoms with van der Waals surface area (Å²) in [6.45, 7) is 0. The molecule has 39 heavy (non-hydrogen) atoms. The molecule has 9 heteroatoms. The number of alkyl halides is 6. The van der Waals surface area contributed by atoms with Gasteiger partial charge in [-0.2, -0.15) is 26.3 Å². The molecule has 0 aliphatic rings. The van der Waals surface area contributed by atoms with Gasteiger partial charge >= 0.3 is 12.4 Å². The van der Waals surface area contributed by atoms with Gasteiger partial charge in [-0.15, -0.1) is 0 Å². The van der Waals surface area contributed by atoms with Crippen molar-refractivity contribution in [1.82, 2.24) is 13.8 Å². The Balaban J connectivity index is 1.48. The average molecular weight is 531 g/mol. The number of aromatic nitrogens is 3. The number of para-hydroxylation sites is 1. The first-order chi connectivity index (χ1) is 18.6. The molecule has 3 aromatic carbocycles. The Labute approximate surface area is 215 Å². The van der Waals surface area contributed by atoms with Crippen molar-refractivity contribution < 1.29 is 26.3 Å². The van der Waals surface area contributed by atoms with Gasteiger partial charge in [0.15, 0.2) is 0 Å². The van der Waals surface area contributed by atoms with Crippen molar-refractivity contribution in [2.75, 3.05) is 0 Å². The average Bonchev–Trinajstić information content (AvgIpc) is 3.65. The molecule has 0 radical (unpaired) electrons. The maximum absolute atomic E-state index is 15.1. The van der Waals surface area contributed by atoms with Gasteiger partial charge in [0.05, 0.1) is 22.1 Å². The van der Waals surface area contributed by atoms with Crippen molar-refractivity contribution in [3.05, 3.63) is 103 Å². The quantitative estimate of drug-likeness (QED) is 0.205. The molecule has 0 bridgehead atoms. The SMILES string of the molecule is FC(F)(F)C(c1ccc2c(c1)c1cccc3ccn2c31)(c1ccc2c(c1)c1cncc3ccn2c31)C(F)(F)F. The number of benzene rings is 3. The first-order valence-electron chi connectivity index (χ1n) is 12.1. The molecule has 8 rings (SSSR count). The Morgan fingerprint density at radius 3 is 1.72 bits per heavy atom. The highest BCUT2D eigenvalue weighted by atomic mass is 19.4. The van der Waals surface area contributed by atoms with Crippen LogP contribution in [-0.4, -0.2) is 26.1 Å². The number of hydrogen-bond acceptors (Lipinski definition) is 1. The van der Waals surface area contributed by atoms with Crippen molar-refractivity contribution in [1.29, 1.82) is 0 Å². The van der Waals surface area contributed by atoms with Crippen molar-refractivity contribution in [2.24, 2.45) is 0 Å². The highest BCUT2D eigenvalue weighted by Gasteiger charge is 2.72. The second-order valence-corrected chi connectivity index (χ2v) is 9.95. The molecule has 0 spiro atoms. The molecule has 0 aliphatic heterocycles. The summed E-state index contributed by atoms with van der Waals surface area (Å²) in [6, 6.07) is 15.6. The fourth-order valence-corrected chi connectivity index (χ4v) is 6.47. The third-order valence-corrected chi connectivity index (χ3v) is 8.11. The zero-order valence-corrected chi connectivity index (χ0v) is 19.8. The summed E-state index contributed by atoms with van der Waals surface area (Å²) < 4.78 is 94.0. The fraction of sp³-hybridized carbons (Fsp3) is 0.100. The van der Waals surface area contributed by atoms with Gasteiger partial charge in [0, 0.05) is 57.1 Å². The predicted molar refractivity (Wildman–Crippen MR) is 138 cm³/mol. The van der Waals surface area contributed by atoms with Crippen molar-refractivity contribution >= 4 is 54.4 Å².